The van der Waals surface area contributed by atoms with Gasteiger partial charge in [0.2, 0.25) is 0 Å². The fourth-order valence-corrected chi connectivity index (χ4v) is 3.20. The molecule has 0 saturated heterocycles. The molecule has 1 heterocycles. The summed E-state index contributed by atoms with van der Waals surface area (Å²) < 4.78 is 30.3. The number of halogens is 2. The van der Waals surface area contributed by atoms with E-state index in [1.165, 1.54) is 44.4 Å². The van der Waals surface area contributed by atoms with Gasteiger partial charge in [-0.15, -0.1) is 0 Å². The largest absolute Gasteiger partial charge is 0.493 e. The first-order chi connectivity index (χ1) is 15.2. The molecule has 0 unspecified atom stereocenters. The van der Waals surface area contributed by atoms with Crippen LogP contribution in [-0.2, 0) is 0 Å². The quantitative estimate of drug-likeness (QED) is 0.530. The number of ether oxygens (including phenoxy) is 2. The number of carbonyl (C=O) groups excluding carboxylic acids is 2. The number of carbonyl (C=O) groups is 2. The zero-order valence-corrected chi connectivity index (χ0v) is 18.5. The van der Waals surface area contributed by atoms with Crippen molar-refractivity contribution < 1.29 is 28.0 Å². The van der Waals surface area contributed by atoms with Crippen molar-refractivity contribution in [3.63, 3.8) is 0 Å². The van der Waals surface area contributed by atoms with Crippen molar-refractivity contribution in [3.05, 3.63) is 64.1 Å². The topological polar surface area (TPSA) is 103 Å². The molecule has 32 heavy (non-hydrogen) atoms. The molecule has 0 aliphatic rings. The lowest BCUT2D eigenvalue weighted by atomic mass is 10.1. The second-order valence-electron chi connectivity index (χ2n) is 7.00. The van der Waals surface area contributed by atoms with E-state index in [0.717, 1.165) is 0 Å². The van der Waals surface area contributed by atoms with Crippen LogP contribution in [-0.4, -0.2) is 30.2 Å². The number of nitrogens with zero attached hydrogens (tertiary/aromatic N) is 1. The minimum absolute atomic E-state index is 0.0597. The van der Waals surface area contributed by atoms with Crippen LogP contribution in [0.4, 0.5) is 4.39 Å². The van der Waals surface area contributed by atoms with Gasteiger partial charge in [-0.2, -0.15) is 0 Å². The van der Waals surface area contributed by atoms with Crippen molar-refractivity contribution in [2.24, 2.45) is 0 Å². The predicted molar refractivity (Wildman–Crippen MR) is 115 cm³/mol. The standard InChI is InChI=1S/C22H21ClFN3O5/c1-11(2)31-16-9-8-13(10-17(16)30-4)21(28)25-26-22(29)18-12(3)32-27-20(18)19-14(23)6-5-7-15(19)24/h5-11H,1-4H3,(H,25,28)(H,26,29). The molecule has 168 valence electrons. The van der Waals surface area contributed by atoms with E-state index in [4.69, 9.17) is 25.6 Å². The highest BCUT2D eigenvalue weighted by atomic mass is 35.5. The Morgan fingerprint density at radius 2 is 1.84 bits per heavy atom. The van der Waals surface area contributed by atoms with Crippen molar-refractivity contribution in [3.8, 4) is 22.8 Å². The van der Waals surface area contributed by atoms with Crippen LogP contribution >= 0.6 is 11.6 Å². The van der Waals surface area contributed by atoms with E-state index >= 15 is 0 Å². The summed E-state index contributed by atoms with van der Waals surface area (Å²) in [7, 11) is 1.45. The summed E-state index contributed by atoms with van der Waals surface area (Å²) in [5.74, 6) is -1.05. The third-order valence-corrected chi connectivity index (χ3v) is 4.68. The molecule has 3 aromatic rings. The molecule has 1 aromatic heterocycles. The predicted octanol–water partition coefficient (Wildman–Crippen LogP) is 4.31. The third-order valence-electron chi connectivity index (χ3n) is 4.37. The highest BCUT2D eigenvalue weighted by molar-refractivity contribution is 6.33. The van der Waals surface area contributed by atoms with Gasteiger partial charge in [-0.1, -0.05) is 22.8 Å². The first-order valence-corrected chi connectivity index (χ1v) is 9.96. The van der Waals surface area contributed by atoms with E-state index < -0.39 is 17.6 Å². The fraction of sp³-hybridized carbons (Fsp3) is 0.227. The molecule has 0 bridgehead atoms. The highest BCUT2D eigenvalue weighted by Crippen LogP contribution is 2.33. The van der Waals surface area contributed by atoms with E-state index in [1.54, 1.807) is 6.07 Å². The fourth-order valence-electron chi connectivity index (χ4n) is 2.94. The van der Waals surface area contributed by atoms with Crippen LogP contribution in [0.25, 0.3) is 11.3 Å². The van der Waals surface area contributed by atoms with Gasteiger partial charge in [0.25, 0.3) is 11.8 Å². The molecule has 0 aliphatic carbocycles. The number of methoxy groups -OCH3 is 1. The Morgan fingerprint density at radius 1 is 1.12 bits per heavy atom. The Labute approximate surface area is 188 Å². The Bertz CT molecular complexity index is 1140. The van der Waals surface area contributed by atoms with Gasteiger partial charge in [0.05, 0.1) is 23.8 Å². The second kappa shape index (κ2) is 9.69. The second-order valence-corrected chi connectivity index (χ2v) is 7.41. The number of hydrogen-bond donors (Lipinski definition) is 2. The lowest BCUT2D eigenvalue weighted by Gasteiger charge is -2.14. The van der Waals surface area contributed by atoms with Gasteiger partial charge in [0, 0.05) is 5.56 Å². The average molecular weight is 462 g/mol. The van der Waals surface area contributed by atoms with Crippen molar-refractivity contribution in [1.82, 2.24) is 16.0 Å². The number of amides is 2. The minimum atomic E-state index is -0.752. The summed E-state index contributed by atoms with van der Waals surface area (Å²) >= 11 is 6.09. The van der Waals surface area contributed by atoms with Crippen molar-refractivity contribution in [2.75, 3.05) is 7.11 Å². The van der Waals surface area contributed by atoms with Crippen LogP contribution in [0, 0.1) is 12.7 Å². The number of aryl methyl sites for hydroxylation is 1. The number of hydrazine groups is 1. The van der Waals surface area contributed by atoms with Gasteiger partial charge in [-0.25, -0.2) is 4.39 Å². The molecule has 8 nitrogen and oxygen atoms in total. The third kappa shape index (κ3) is 4.83. The molecule has 0 saturated carbocycles. The van der Waals surface area contributed by atoms with Crippen LogP contribution in [0.2, 0.25) is 5.02 Å². The van der Waals surface area contributed by atoms with Gasteiger partial charge in [0.15, 0.2) is 11.5 Å². The Morgan fingerprint density at radius 3 is 2.50 bits per heavy atom. The summed E-state index contributed by atoms with van der Waals surface area (Å²) in [5, 5.41) is 3.83. The molecule has 2 N–H and O–H groups in total. The van der Waals surface area contributed by atoms with Crippen LogP contribution in [0.3, 0.4) is 0 Å². The number of nitrogens with one attached hydrogen (secondary N) is 2. The Balaban J connectivity index is 1.79. The van der Waals surface area contributed by atoms with E-state index in [9.17, 15) is 14.0 Å². The summed E-state index contributed by atoms with van der Waals surface area (Å²) in [6.07, 6.45) is -0.0770. The van der Waals surface area contributed by atoms with Gasteiger partial charge in [-0.3, -0.25) is 20.4 Å². The number of rotatable bonds is 6. The van der Waals surface area contributed by atoms with Crippen molar-refractivity contribution >= 4 is 23.4 Å². The number of aromatic nitrogens is 1. The summed E-state index contributed by atoms with van der Waals surface area (Å²) in [5.41, 5.74) is 4.59. The van der Waals surface area contributed by atoms with Crippen LogP contribution in [0.5, 0.6) is 11.5 Å². The minimum Gasteiger partial charge on any atom is -0.493 e. The van der Waals surface area contributed by atoms with E-state index in [1.807, 2.05) is 13.8 Å². The SMILES string of the molecule is COc1cc(C(=O)NNC(=O)c2c(-c3c(F)cccc3Cl)noc2C)ccc1OC(C)C. The molecule has 2 aromatic carbocycles. The Kier molecular flexibility index (Phi) is 6.99. The van der Waals surface area contributed by atoms with Crippen LogP contribution in [0.1, 0.15) is 40.3 Å². The van der Waals surface area contributed by atoms with E-state index in [2.05, 4.69) is 16.0 Å². The van der Waals surface area contributed by atoms with Crippen molar-refractivity contribution in [2.45, 2.75) is 26.9 Å². The molecule has 2 amide bonds. The van der Waals surface area contributed by atoms with Gasteiger partial charge in [0.1, 0.15) is 22.8 Å². The van der Waals surface area contributed by atoms with E-state index in [0.29, 0.717) is 11.5 Å². The monoisotopic (exact) mass is 461 g/mol. The average Bonchev–Trinajstić information content (AvgIpc) is 3.12. The molecular formula is C22H21ClFN3O5. The highest BCUT2D eigenvalue weighted by Gasteiger charge is 2.26. The maximum Gasteiger partial charge on any atom is 0.275 e. The molecule has 0 spiro atoms. The lowest BCUT2D eigenvalue weighted by Crippen LogP contribution is -2.41. The number of benzene rings is 2. The first-order valence-electron chi connectivity index (χ1n) is 9.59. The van der Waals surface area contributed by atoms with E-state index in [-0.39, 0.29) is 39.3 Å². The smallest absolute Gasteiger partial charge is 0.275 e. The molecule has 0 fully saturated rings. The first kappa shape index (κ1) is 23.1. The molecule has 0 radical (unpaired) electrons. The molecule has 0 atom stereocenters. The lowest BCUT2D eigenvalue weighted by molar-refractivity contribution is 0.0845. The van der Waals surface area contributed by atoms with Gasteiger partial charge in [-0.05, 0) is 51.1 Å². The van der Waals surface area contributed by atoms with Crippen LogP contribution in [0.15, 0.2) is 40.9 Å². The van der Waals surface area contributed by atoms with Gasteiger partial charge < -0.3 is 14.0 Å². The van der Waals surface area contributed by atoms with Gasteiger partial charge >= 0.3 is 0 Å². The molecule has 3 rings (SSSR count). The summed E-state index contributed by atoms with van der Waals surface area (Å²) in [4.78, 5) is 25.3. The zero-order chi connectivity index (χ0) is 23.4. The maximum atomic E-state index is 14.3. The molecule has 10 heteroatoms. The van der Waals surface area contributed by atoms with Crippen molar-refractivity contribution in [1.29, 1.82) is 0 Å². The summed E-state index contributed by atoms with van der Waals surface area (Å²) in [6, 6.07) is 8.69. The molecule has 0 aliphatic heterocycles. The maximum absolute atomic E-state index is 14.3. The summed E-state index contributed by atoms with van der Waals surface area (Å²) in [6.45, 7) is 5.22. The zero-order valence-electron chi connectivity index (χ0n) is 17.8. The molecular weight excluding hydrogens is 441 g/mol. The Hall–Kier alpha value is -3.59. The normalized spacial score (nSPS) is 10.7. The van der Waals surface area contributed by atoms with Crippen LogP contribution < -0.4 is 20.3 Å². The number of hydrogen-bond acceptors (Lipinski definition) is 6.